The summed E-state index contributed by atoms with van der Waals surface area (Å²) in [6.45, 7) is 7.12. The van der Waals surface area contributed by atoms with Crippen molar-refractivity contribution < 1.29 is 9.90 Å². The number of aliphatic hydroxyl groups is 1. The molecule has 1 aliphatic rings. The number of aliphatic hydroxyl groups excluding tert-OH is 1. The number of nitrogens with one attached hydrogen (secondary N) is 1. The van der Waals surface area contributed by atoms with Crippen molar-refractivity contribution in [3.8, 4) is 0 Å². The fourth-order valence-corrected chi connectivity index (χ4v) is 2.66. The fourth-order valence-electron chi connectivity index (χ4n) is 2.66. The Bertz CT molecular complexity index is 240. The van der Waals surface area contributed by atoms with Crippen molar-refractivity contribution in [3.05, 3.63) is 0 Å². The maximum absolute atomic E-state index is 11.8. The van der Waals surface area contributed by atoms with Crippen LogP contribution in [-0.2, 0) is 4.79 Å². The summed E-state index contributed by atoms with van der Waals surface area (Å²) in [7, 11) is 0. The summed E-state index contributed by atoms with van der Waals surface area (Å²) >= 11 is 0. The van der Waals surface area contributed by atoms with Gasteiger partial charge < -0.3 is 10.4 Å². The lowest BCUT2D eigenvalue weighted by Crippen LogP contribution is -2.33. The molecule has 1 amide bonds. The molecule has 0 aromatic heterocycles. The highest BCUT2D eigenvalue weighted by atomic mass is 16.3. The van der Waals surface area contributed by atoms with Crippen molar-refractivity contribution in [2.45, 2.75) is 59.0 Å². The van der Waals surface area contributed by atoms with Gasteiger partial charge in [-0.1, -0.05) is 33.6 Å². The Morgan fingerprint density at radius 1 is 1.41 bits per heavy atom. The summed E-state index contributed by atoms with van der Waals surface area (Å²) in [5.41, 5.74) is 0. The minimum absolute atomic E-state index is 0.143. The van der Waals surface area contributed by atoms with E-state index in [4.69, 9.17) is 0 Å². The summed E-state index contributed by atoms with van der Waals surface area (Å²) in [6, 6.07) is 0. The molecule has 0 aromatic carbocycles. The maximum atomic E-state index is 11.8. The van der Waals surface area contributed by atoms with E-state index in [1.807, 2.05) is 0 Å². The molecule has 1 aliphatic carbocycles. The molecule has 3 atom stereocenters. The number of hydrogen-bond acceptors (Lipinski definition) is 2. The SMILES string of the molecule is CCC(CC(=O)NCC1CCCC1O)C(C)C. The molecule has 17 heavy (non-hydrogen) atoms. The molecular formula is C14H27NO2. The first-order valence-electron chi connectivity index (χ1n) is 6.99. The quantitative estimate of drug-likeness (QED) is 0.750. The second-order valence-electron chi connectivity index (χ2n) is 5.68. The molecule has 0 spiro atoms. The van der Waals surface area contributed by atoms with Gasteiger partial charge in [0.25, 0.3) is 0 Å². The van der Waals surface area contributed by atoms with Gasteiger partial charge >= 0.3 is 0 Å². The van der Waals surface area contributed by atoms with Crippen molar-refractivity contribution in [1.82, 2.24) is 5.32 Å². The largest absolute Gasteiger partial charge is 0.393 e. The van der Waals surface area contributed by atoms with Crippen molar-refractivity contribution in [2.24, 2.45) is 17.8 Å². The number of carbonyl (C=O) groups excluding carboxylic acids is 1. The van der Waals surface area contributed by atoms with Gasteiger partial charge in [-0.3, -0.25) is 4.79 Å². The van der Waals surface area contributed by atoms with Crippen LogP contribution >= 0.6 is 0 Å². The zero-order chi connectivity index (χ0) is 12.8. The van der Waals surface area contributed by atoms with Crippen LogP contribution in [0.15, 0.2) is 0 Å². The van der Waals surface area contributed by atoms with E-state index < -0.39 is 0 Å². The Morgan fingerprint density at radius 3 is 2.59 bits per heavy atom. The van der Waals surface area contributed by atoms with Crippen LogP contribution in [0, 0.1) is 17.8 Å². The highest BCUT2D eigenvalue weighted by molar-refractivity contribution is 5.76. The van der Waals surface area contributed by atoms with Crippen LogP contribution in [0.25, 0.3) is 0 Å². The van der Waals surface area contributed by atoms with Crippen molar-refractivity contribution in [3.63, 3.8) is 0 Å². The summed E-state index contributed by atoms with van der Waals surface area (Å²) in [5.74, 6) is 1.45. The predicted molar refractivity (Wildman–Crippen MR) is 69.6 cm³/mol. The summed E-state index contributed by atoms with van der Waals surface area (Å²) in [6.07, 6.45) is 4.49. The van der Waals surface area contributed by atoms with Gasteiger partial charge in [0.1, 0.15) is 0 Å². The molecular weight excluding hydrogens is 214 g/mol. The monoisotopic (exact) mass is 241 g/mol. The Hall–Kier alpha value is -0.570. The number of hydrogen-bond donors (Lipinski definition) is 2. The third-order valence-electron chi connectivity index (χ3n) is 4.10. The van der Waals surface area contributed by atoms with Gasteiger partial charge in [-0.2, -0.15) is 0 Å². The molecule has 0 radical (unpaired) electrons. The molecule has 3 nitrogen and oxygen atoms in total. The van der Waals surface area contributed by atoms with Crippen molar-refractivity contribution in [1.29, 1.82) is 0 Å². The second-order valence-corrected chi connectivity index (χ2v) is 5.68. The van der Waals surface area contributed by atoms with E-state index in [1.165, 1.54) is 0 Å². The minimum atomic E-state index is -0.206. The van der Waals surface area contributed by atoms with Crippen LogP contribution in [0.5, 0.6) is 0 Å². The minimum Gasteiger partial charge on any atom is -0.393 e. The van der Waals surface area contributed by atoms with E-state index in [-0.39, 0.29) is 17.9 Å². The number of amides is 1. The van der Waals surface area contributed by atoms with Crippen LogP contribution in [0.3, 0.4) is 0 Å². The lowest BCUT2D eigenvalue weighted by atomic mass is 9.90. The Labute approximate surface area is 105 Å². The van der Waals surface area contributed by atoms with Crippen LogP contribution in [-0.4, -0.2) is 23.7 Å². The molecule has 0 heterocycles. The van der Waals surface area contributed by atoms with E-state index in [0.717, 1.165) is 25.7 Å². The van der Waals surface area contributed by atoms with Crippen molar-refractivity contribution in [2.75, 3.05) is 6.54 Å². The number of rotatable bonds is 6. The molecule has 1 rings (SSSR count). The summed E-state index contributed by atoms with van der Waals surface area (Å²) < 4.78 is 0. The van der Waals surface area contributed by atoms with Gasteiger partial charge in [-0.25, -0.2) is 0 Å². The fraction of sp³-hybridized carbons (Fsp3) is 0.929. The van der Waals surface area contributed by atoms with Gasteiger partial charge in [0.2, 0.25) is 5.91 Å². The molecule has 2 N–H and O–H groups in total. The molecule has 0 bridgehead atoms. The van der Waals surface area contributed by atoms with E-state index in [0.29, 0.717) is 24.8 Å². The highest BCUT2D eigenvalue weighted by Gasteiger charge is 2.25. The van der Waals surface area contributed by atoms with E-state index in [1.54, 1.807) is 0 Å². The van der Waals surface area contributed by atoms with Gasteiger partial charge in [-0.15, -0.1) is 0 Å². The van der Waals surface area contributed by atoms with Crippen LogP contribution in [0.4, 0.5) is 0 Å². The molecule has 1 saturated carbocycles. The predicted octanol–water partition coefficient (Wildman–Crippen LogP) is 2.34. The van der Waals surface area contributed by atoms with Gasteiger partial charge in [0.05, 0.1) is 6.10 Å². The highest BCUT2D eigenvalue weighted by Crippen LogP contribution is 2.25. The molecule has 0 saturated heterocycles. The smallest absolute Gasteiger partial charge is 0.220 e. The molecule has 100 valence electrons. The van der Waals surface area contributed by atoms with Gasteiger partial charge in [-0.05, 0) is 24.7 Å². The third-order valence-corrected chi connectivity index (χ3v) is 4.10. The Balaban J connectivity index is 2.24. The normalized spacial score (nSPS) is 26.2. The van der Waals surface area contributed by atoms with E-state index >= 15 is 0 Å². The van der Waals surface area contributed by atoms with Gasteiger partial charge in [0, 0.05) is 18.9 Å². The molecule has 1 fully saturated rings. The summed E-state index contributed by atoms with van der Waals surface area (Å²) in [4.78, 5) is 11.8. The first-order valence-corrected chi connectivity index (χ1v) is 6.99. The summed E-state index contributed by atoms with van der Waals surface area (Å²) in [5, 5.41) is 12.6. The second kappa shape index (κ2) is 7.00. The molecule has 0 aromatic rings. The first kappa shape index (κ1) is 14.5. The number of carbonyl (C=O) groups is 1. The van der Waals surface area contributed by atoms with Crippen LogP contribution < -0.4 is 5.32 Å². The third kappa shape index (κ3) is 4.66. The molecule has 3 unspecified atom stereocenters. The topological polar surface area (TPSA) is 49.3 Å². The molecule has 3 heteroatoms. The average Bonchev–Trinajstić information content (AvgIpc) is 2.68. The lowest BCUT2D eigenvalue weighted by molar-refractivity contribution is -0.122. The average molecular weight is 241 g/mol. The van der Waals surface area contributed by atoms with Crippen molar-refractivity contribution >= 4 is 5.91 Å². The molecule has 0 aliphatic heterocycles. The van der Waals surface area contributed by atoms with E-state index in [2.05, 4.69) is 26.1 Å². The van der Waals surface area contributed by atoms with E-state index in [9.17, 15) is 9.90 Å². The lowest BCUT2D eigenvalue weighted by Gasteiger charge is -2.20. The zero-order valence-electron chi connectivity index (χ0n) is 11.4. The Kier molecular flexibility index (Phi) is 5.96. The maximum Gasteiger partial charge on any atom is 0.220 e. The van der Waals surface area contributed by atoms with Crippen LogP contribution in [0.1, 0.15) is 52.9 Å². The standard InChI is InChI=1S/C14H27NO2/c1-4-11(10(2)3)8-14(17)15-9-12-6-5-7-13(12)16/h10-13,16H,4-9H2,1-3H3,(H,15,17). The van der Waals surface area contributed by atoms with Gasteiger partial charge in [0.15, 0.2) is 0 Å². The Morgan fingerprint density at radius 2 is 2.12 bits per heavy atom. The first-order chi connectivity index (χ1) is 8.04. The zero-order valence-corrected chi connectivity index (χ0v) is 11.4. The van der Waals surface area contributed by atoms with Crippen LogP contribution in [0.2, 0.25) is 0 Å².